The van der Waals surface area contributed by atoms with E-state index in [1.165, 1.54) is 38.6 Å². The first-order valence-electron chi connectivity index (χ1n) is 8.76. The normalized spacial score (nSPS) is 22.9. The van der Waals surface area contributed by atoms with Crippen LogP contribution in [0.1, 0.15) is 72.1 Å². The van der Waals surface area contributed by atoms with Gasteiger partial charge in [0.15, 0.2) is 0 Å². The number of carbonyl (C=O) groups is 1. The monoisotopic (exact) mass is 298 g/mol. The Morgan fingerprint density at radius 3 is 2.71 bits per heavy atom. The van der Waals surface area contributed by atoms with Crippen LogP contribution >= 0.6 is 0 Å². The van der Waals surface area contributed by atoms with Gasteiger partial charge in [-0.25, -0.2) is 0 Å². The summed E-state index contributed by atoms with van der Waals surface area (Å²) in [5.41, 5.74) is -0.764. The second kappa shape index (κ2) is 9.42. The fourth-order valence-corrected chi connectivity index (χ4v) is 3.47. The zero-order valence-electron chi connectivity index (χ0n) is 14.2. The van der Waals surface area contributed by atoms with Crippen LogP contribution in [-0.4, -0.2) is 47.2 Å². The second-order valence-electron chi connectivity index (χ2n) is 6.60. The third kappa shape index (κ3) is 5.95. The van der Waals surface area contributed by atoms with Crippen molar-refractivity contribution in [3.63, 3.8) is 0 Å². The van der Waals surface area contributed by atoms with E-state index >= 15 is 0 Å². The molecule has 1 aliphatic heterocycles. The number of carboxylic acid groups (broad SMARTS) is 1. The number of aliphatic carboxylic acids is 1. The number of nitrogens with zero attached hydrogens (tertiary/aromatic N) is 1. The van der Waals surface area contributed by atoms with Gasteiger partial charge in [-0.2, -0.15) is 0 Å². The van der Waals surface area contributed by atoms with Crippen molar-refractivity contribution in [3.05, 3.63) is 0 Å². The number of unbranched alkanes of at least 4 members (excludes halogenated alkanes) is 1. The Morgan fingerprint density at radius 1 is 1.33 bits per heavy atom. The zero-order valence-corrected chi connectivity index (χ0v) is 14.2. The van der Waals surface area contributed by atoms with E-state index in [1.807, 2.05) is 6.92 Å². The van der Waals surface area contributed by atoms with Crippen LogP contribution in [0.15, 0.2) is 0 Å². The van der Waals surface area contributed by atoms with E-state index in [0.717, 1.165) is 25.4 Å². The molecule has 1 saturated heterocycles. The molecular formula is C17H34N2O2. The van der Waals surface area contributed by atoms with Crippen molar-refractivity contribution in [1.82, 2.24) is 10.2 Å². The fraction of sp³-hybridized carbons (Fsp3) is 0.941. The maximum atomic E-state index is 11.4. The van der Waals surface area contributed by atoms with Crippen molar-refractivity contribution in [2.45, 2.75) is 83.7 Å². The molecule has 4 nitrogen and oxygen atoms in total. The van der Waals surface area contributed by atoms with E-state index in [9.17, 15) is 9.90 Å². The minimum absolute atomic E-state index is 0.702. The Bertz CT molecular complexity index is 307. The molecule has 21 heavy (non-hydrogen) atoms. The van der Waals surface area contributed by atoms with Crippen molar-refractivity contribution < 1.29 is 9.90 Å². The molecule has 0 bridgehead atoms. The summed E-state index contributed by atoms with van der Waals surface area (Å²) in [6, 6.07) is 0.767. The van der Waals surface area contributed by atoms with Crippen LogP contribution in [-0.2, 0) is 4.79 Å². The van der Waals surface area contributed by atoms with Gasteiger partial charge in [0, 0.05) is 6.04 Å². The van der Waals surface area contributed by atoms with Crippen molar-refractivity contribution >= 4 is 5.97 Å². The summed E-state index contributed by atoms with van der Waals surface area (Å²) >= 11 is 0. The predicted molar refractivity (Wildman–Crippen MR) is 87.7 cm³/mol. The number of rotatable bonds is 10. The van der Waals surface area contributed by atoms with Gasteiger partial charge in [0.2, 0.25) is 0 Å². The lowest BCUT2D eigenvalue weighted by molar-refractivity contribution is -0.144. The molecular weight excluding hydrogens is 264 g/mol. The molecule has 2 atom stereocenters. The van der Waals surface area contributed by atoms with Gasteiger partial charge >= 0.3 is 5.97 Å². The standard InChI is InChI=1S/C17H34N2O2/c1-4-10-15-11-6-8-13-19(15)14-9-7-12-17(3,16(20)21)18-5-2/h15,18H,4-14H2,1-3H3,(H,20,21). The predicted octanol–water partition coefficient (Wildman–Crippen LogP) is 3.26. The molecule has 1 heterocycles. The molecule has 0 aromatic carbocycles. The van der Waals surface area contributed by atoms with Crippen molar-refractivity contribution in [1.29, 1.82) is 0 Å². The average molecular weight is 298 g/mol. The lowest BCUT2D eigenvalue weighted by Gasteiger charge is -2.36. The van der Waals surface area contributed by atoms with Gasteiger partial charge in [0.05, 0.1) is 0 Å². The quantitative estimate of drug-likeness (QED) is 0.608. The lowest BCUT2D eigenvalue weighted by Crippen LogP contribution is -2.49. The maximum absolute atomic E-state index is 11.4. The number of hydrogen-bond donors (Lipinski definition) is 2. The SMILES string of the molecule is CCCC1CCCCN1CCCCC(C)(NCC)C(=O)O. The molecule has 0 saturated carbocycles. The Morgan fingerprint density at radius 2 is 2.10 bits per heavy atom. The Hall–Kier alpha value is -0.610. The third-order valence-electron chi connectivity index (χ3n) is 4.78. The third-order valence-corrected chi connectivity index (χ3v) is 4.78. The highest BCUT2D eigenvalue weighted by molar-refractivity contribution is 5.78. The summed E-state index contributed by atoms with van der Waals surface area (Å²) in [4.78, 5) is 14.0. The number of carboxylic acids is 1. The fourth-order valence-electron chi connectivity index (χ4n) is 3.47. The van der Waals surface area contributed by atoms with Gasteiger partial charge < -0.3 is 15.3 Å². The van der Waals surface area contributed by atoms with Crippen LogP contribution < -0.4 is 5.32 Å². The largest absolute Gasteiger partial charge is 0.480 e. The topological polar surface area (TPSA) is 52.6 Å². The van der Waals surface area contributed by atoms with E-state index in [2.05, 4.69) is 17.1 Å². The molecule has 0 spiro atoms. The molecule has 1 aliphatic rings. The smallest absolute Gasteiger partial charge is 0.323 e. The van der Waals surface area contributed by atoms with Gasteiger partial charge in [-0.1, -0.05) is 26.7 Å². The van der Waals surface area contributed by atoms with Crippen molar-refractivity contribution in [2.24, 2.45) is 0 Å². The first-order valence-corrected chi connectivity index (χ1v) is 8.76. The van der Waals surface area contributed by atoms with Gasteiger partial charge in [-0.15, -0.1) is 0 Å². The number of hydrogen-bond acceptors (Lipinski definition) is 3. The summed E-state index contributed by atoms with van der Waals surface area (Å²) in [5, 5.41) is 12.5. The van der Waals surface area contributed by atoms with Crippen molar-refractivity contribution in [2.75, 3.05) is 19.6 Å². The van der Waals surface area contributed by atoms with Crippen LogP contribution in [0.5, 0.6) is 0 Å². The Labute approximate surface area is 130 Å². The van der Waals surface area contributed by atoms with Crippen LogP contribution in [0, 0.1) is 0 Å². The minimum atomic E-state index is -0.764. The molecule has 4 heteroatoms. The highest BCUT2D eigenvalue weighted by Gasteiger charge is 2.31. The average Bonchev–Trinajstić information content (AvgIpc) is 2.45. The highest BCUT2D eigenvalue weighted by Crippen LogP contribution is 2.22. The summed E-state index contributed by atoms with van der Waals surface area (Å²) in [5.74, 6) is -0.730. The van der Waals surface area contributed by atoms with Crippen LogP contribution in [0.4, 0.5) is 0 Å². The molecule has 2 unspecified atom stereocenters. The molecule has 0 aromatic rings. The lowest BCUT2D eigenvalue weighted by atomic mass is 9.94. The molecule has 0 radical (unpaired) electrons. The zero-order chi connectivity index (χ0) is 15.7. The summed E-state index contributed by atoms with van der Waals surface area (Å²) in [6.45, 7) is 9.10. The summed E-state index contributed by atoms with van der Waals surface area (Å²) in [7, 11) is 0. The van der Waals surface area contributed by atoms with Gasteiger partial charge in [-0.3, -0.25) is 4.79 Å². The molecule has 2 N–H and O–H groups in total. The van der Waals surface area contributed by atoms with Crippen molar-refractivity contribution in [3.8, 4) is 0 Å². The van der Waals surface area contributed by atoms with Gasteiger partial charge in [0.25, 0.3) is 0 Å². The molecule has 124 valence electrons. The molecule has 1 rings (SSSR count). The number of nitrogens with one attached hydrogen (secondary N) is 1. The summed E-state index contributed by atoms with van der Waals surface area (Å²) in [6.07, 6.45) is 9.41. The van der Waals surface area contributed by atoms with E-state index < -0.39 is 11.5 Å². The van der Waals surface area contributed by atoms with Gasteiger partial charge in [-0.05, 0) is 65.1 Å². The van der Waals surface area contributed by atoms with Crippen LogP contribution in [0.2, 0.25) is 0 Å². The first-order chi connectivity index (χ1) is 10.0. The van der Waals surface area contributed by atoms with E-state index in [4.69, 9.17) is 0 Å². The maximum Gasteiger partial charge on any atom is 0.323 e. The Balaban J connectivity index is 2.32. The molecule has 1 fully saturated rings. The number of likely N-dealkylation sites (tertiary alicyclic amines) is 1. The number of likely N-dealkylation sites (N-methyl/N-ethyl adjacent to an activating group) is 1. The highest BCUT2D eigenvalue weighted by atomic mass is 16.4. The van der Waals surface area contributed by atoms with E-state index in [0.29, 0.717) is 13.0 Å². The summed E-state index contributed by atoms with van der Waals surface area (Å²) < 4.78 is 0. The Kier molecular flexibility index (Phi) is 8.27. The second-order valence-corrected chi connectivity index (χ2v) is 6.60. The van der Waals surface area contributed by atoms with Crippen LogP contribution in [0.3, 0.4) is 0 Å². The van der Waals surface area contributed by atoms with E-state index in [1.54, 1.807) is 6.92 Å². The minimum Gasteiger partial charge on any atom is -0.480 e. The van der Waals surface area contributed by atoms with Gasteiger partial charge in [0.1, 0.15) is 5.54 Å². The van der Waals surface area contributed by atoms with E-state index in [-0.39, 0.29) is 0 Å². The molecule has 0 amide bonds. The molecule has 0 aromatic heterocycles. The van der Waals surface area contributed by atoms with Crippen LogP contribution in [0.25, 0.3) is 0 Å². The molecule has 0 aliphatic carbocycles. The first kappa shape index (κ1) is 18.4. The number of piperidine rings is 1.